The number of halogens is 4. The van der Waals surface area contributed by atoms with Crippen LogP contribution in [0.4, 0.5) is 24.5 Å². The molecule has 9 nitrogen and oxygen atoms in total. The van der Waals surface area contributed by atoms with E-state index in [1.54, 1.807) is 30.3 Å². The van der Waals surface area contributed by atoms with E-state index in [-0.39, 0.29) is 45.0 Å². The van der Waals surface area contributed by atoms with Crippen LogP contribution in [0, 0.1) is 10.1 Å². The number of nitro groups is 1. The zero-order valence-electron chi connectivity index (χ0n) is 20.9. The molecule has 0 saturated heterocycles. The van der Waals surface area contributed by atoms with Crippen LogP contribution in [0.1, 0.15) is 17.4 Å². The molecule has 0 fully saturated rings. The largest absolute Gasteiger partial charge is 0.449 e. The van der Waals surface area contributed by atoms with Crippen LogP contribution >= 0.6 is 11.6 Å². The highest BCUT2D eigenvalue weighted by Crippen LogP contribution is 2.32. The number of aromatic amines is 1. The summed E-state index contributed by atoms with van der Waals surface area (Å²) in [6, 6.07) is 18.5. The van der Waals surface area contributed by atoms with Crippen molar-refractivity contribution in [1.82, 2.24) is 14.5 Å². The fourth-order valence-corrected chi connectivity index (χ4v) is 4.59. The van der Waals surface area contributed by atoms with Gasteiger partial charge in [0.05, 0.1) is 21.5 Å². The van der Waals surface area contributed by atoms with Crippen molar-refractivity contribution in [1.29, 1.82) is 0 Å². The number of fused-ring (bicyclic) bond motifs is 1. The SMILES string of the molecule is O=C(Nc1ccc2nc(C(F)(F)F)[nH]c2c1)C(Cc1ccccc1)n1ccc(-c2cc(Cl)ccc2[N+](=O)[O-])cc1=O. The summed E-state index contributed by atoms with van der Waals surface area (Å²) in [5.74, 6) is -1.77. The Kier molecular flexibility index (Phi) is 7.33. The van der Waals surface area contributed by atoms with Gasteiger partial charge in [-0.2, -0.15) is 13.2 Å². The van der Waals surface area contributed by atoms with Crippen molar-refractivity contribution in [3.63, 3.8) is 0 Å². The van der Waals surface area contributed by atoms with E-state index in [1.807, 2.05) is 0 Å². The van der Waals surface area contributed by atoms with Crippen LogP contribution in [0.2, 0.25) is 5.02 Å². The van der Waals surface area contributed by atoms with Gasteiger partial charge in [0.25, 0.3) is 11.2 Å². The minimum Gasteiger partial charge on any atom is -0.334 e. The third-order valence-electron chi connectivity index (χ3n) is 6.34. The van der Waals surface area contributed by atoms with Gasteiger partial charge in [0, 0.05) is 35.5 Å². The lowest BCUT2D eigenvalue weighted by atomic mass is 10.0. The predicted octanol–water partition coefficient (Wildman–Crippen LogP) is 6.39. The van der Waals surface area contributed by atoms with Gasteiger partial charge in [-0.05, 0) is 47.5 Å². The van der Waals surface area contributed by atoms with Crippen LogP contribution in [0.5, 0.6) is 0 Å². The average Bonchev–Trinajstić information content (AvgIpc) is 3.37. The standard InChI is InChI=1S/C28H19ClF3N5O4/c29-18-6-9-23(37(40)41)20(14-18)17-10-11-36(25(38)13-17)24(12-16-4-2-1-3-5-16)26(39)33-19-7-8-21-22(15-19)35-27(34-21)28(30,31)32/h1-11,13-15,24H,12H2,(H,33,39)(H,34,35). The molecule has 5 aromatic rings. The van der Waals surface area contributed by atoms with Gasteiger partial charge in [-0.15, -0.1) is 0 Å². The molecule has 2 aromatic heterocycles. The third-order valence-corrected chi connectivity index (χ3v) is 6.58. The van der Waals surface area contributed by atoms with E-state index in [0.717, 1.165) is 5.56 Å². The Morgan fingerprint density at radius 3 is 2.51 bits per heavy atom. The van der Waals surface area contributed by atoms with Crippen molar-refractivity contribution >= 4 is 39.9 Å². The molecule has 13 heteroatoms. The second-order valence-corrected chi connectivity index (χ2v) is 9.53. The molecule has 0 spiro atoms. The zero-order valence-corrected chi connectivity index (χ0v) is 21.6. The van der Waals surface area contributed by atoms with Crippen LogP contribution in [-0.2, 0) is 17.4 Å². The highest BCUT2D eigenvalue weighted by molar-refractivity contribution is 6.31. The lowest BCUT2D eigenvalue weighted by Crippen LogP contribution is -2.34. The van der Waals surface area contributed by atoms with Crippen molar-refractivity contribution in [2.45, 2.75) is 18.6 Å². The third kappa shape index (κ3) is 5.97. The summed E-state index contributed by atoms with van der Waals surface area (Å²) >= 11 is 6.04. The van der Waals surface area contributed by atoms with Gasteiger partial charge < -0.3 is 14.9 Å². The zero-order chi connectivity index (χ0) is 29.3. The number of hydrogen-bond acceptors (Lipinski definition) is 5. The molecule has 2 heterocycles. The Hall–Kier alpha value is -4.97. The summed E-state index contributed by atoms with van der Waals surface area (Å²) in [6.07, 6.45) is -3.20. The van der Waals surface area contributed by atoms with E-state index in [0.29, 0.717) is 0 Å². The van der Waals surface area contributed by atoms with Gasteiger partial charge in [-0.1, -0.05) is 41.9 Å². The normalized spacial score (nSPS) is 12.3. The number of rotatable bonds is 7. The number of alkyl halides is 3. The van der Waals surface area contributed by atoms with E-state index >= 15 is 0 Å². The topological polar surface area (TPSA) is 123 Å². The van der Waals surface area contributed by atoms with Gasteiger partial charge in [-0.25, -0.2) is 4.98 Å². The number of anilines is 1. The Morgan fingerprint density at radius 1 is 1.07 bits per heavy atom. The average molecular weight is 582 g/mol. The van der Waals surface area contributed by atoms with E-state index in [2.05, 4.69) is 15.3 Å². The minimum absolute atomic E-state index is 0.0677. The van der Waals surface area contributed by atoms with E-state index < -0.39 is 34.4 Å². The molecular formula is C28H19ClF3N5O4. The first-order valence-electron chi connectivity index (χ1n) is 12.1. The molecule has 3 aromatic carbocycles. The maximum atomic E-state index is 13.5. The Bertz CT molecular complexity index is 1840. The van der Waals surface area contributed by atoms with Gasteiger partial charge >= 0.3 is 6.18 Å². The molecule has 0 aliphatic rings. The Labute approximate surface area is 234 Å². The summed E-state index contributed by atoms with van der Waals surface area (Å²) in [5, 5.41) is 14.4. The van der Waals surface area contributed by atoms with Crippen LogP contribution in [0.25, 0.3) is 22.2 Å². The van der Waals surface area contributed by atoms with Crippen molar-refractivity contribution in [3.8, 4) is 11.1 Å². The molecule has 41 heavy (non-hydrogen) atoms. The fraction of sp³-hybridized carbons (Fsp3) is 0.107. The fourth-order valence-electron chi connectivity index (χ4n) is 4.42. The van der Waals surface area contributed by atoms with Crippen molar-refractivity contribution in [2.24, 2.45) is 0 Å². The van der Waals surface area contributed by atoms with Gasteiger partial charge in [0.1, 0.15) is 6.04 Å². The second kappa shape index (κ2) is 10.9. The molecule has 0 aliphatic heterocycles. The number of nitrogens with zero attached hydrogens (tertiary/aromatic N) is 3. The summed E-state index contributed by atoms with van der Waals surface area (Å²) in [4.78, 5) is 43.5. The minimum atomic E-state index is -4.66. The van der Waals surface area contributed by atoms with E-state index in [9.17, 15) is 32.9 Å². The number of hydrogen-bond donors (Lipinski definition) is 2. The van der Waals surface area contributed by atoms with Gasteiger partial charge in [0.15, 0.2) is 0 Å². The quantitative estimate of drug-likeness (QED) is 0.170. The van der Waals surface area contributed by atoms with E-state index in [1.165, 1.54) is 59.3 Å². The van der Waals surface area contributed by atoms with Crippen LogP contribution in [0.15, 0.2) is 89.9 Å². The number of benzene rings is 3. The first-order valence-corrected chi connectivity index (χ1v) is 12.5. The molecule has 5 rings (SSSR count). The maximum absolute atomic E-state index is 13.5. The summed E-state index contributed by atoms with van der Waals surface area (Å²) in [5.41, 5.74) is 0.605. The molecule has 0 aliphatic carbocycles. The van der Waals surface area contributed by atoms with Gasteiger partial charge in [-0.3, -0.25) is 19.7 Å². The summed E-state index contributed by atoms with van der Waals surface area (Å²) in [6.45, 7) is 0. The molecule has 1 amide bonds. The molecule has 0 saturated carbocycles. The number of aromatic nitrogens is 3. The first kappa shape index (κ1) is 27.6. The van der Waals surface area contributed by atoms with E-state index in [4.69, 9.17) is 11.6 Å². The lowest BCUT2D eigenvalue weighted by molar-refractivity contribution is -0.384. The van der Waals surface area contributed by atoms with Crippen molar-refractivity contribution in [3.05, 3.63) is 122 Å². The number of nitrogens with one attached hydrogen (secondary N) is 2. The van der Waals surface area contributed by atoms with Crippen molar-refractivity contribution < 1.29 is 22.9 Å². The monoisotopic (exact) mass is 581 g/mol. The highest BCUT2D eigenvalue weighted by atomic mass is 35.5. The van der Waals surface area contributed by atoms with Crippen LogP contribution < -0.4 is 10.9 Å². The number of H-pyrrole nitrogens is 1. The maximum Gasteiger partial charge on any atom is 0.449 e. The summed E-state index contributed by atoms with van der Waals surface area (Å²) < 4.78 is 40.4. The smallest absolute Gasteiger partial charge is 0.334 e. The number of amides is 1. The van der Waals surface area contributed by atoms with Crippen LogP contribution in [0.3, 0.4) is 0 Å². The molecule has 0 radical (unpaired) electrons. The van der Waals surface area contributed by atoms with Gasteiger partial charge in [0.2, 0.25) is 11.7 Å². The number of nitro benzene ring substituents is 1. The molecule has 1 atom stereocenters. The molecule has 2 N–H and O–H groups in total. The highest BCUT2D eigenvalue weighted by Gasteiger charge is 2.34. The molecule has 208 valence electrons. The first-order chi connectivity index (χ1) is 19.5. The lowest BCUT2D eigenvalue weighted by Gasteiger charge is -2.20. The number of carbonyl (C=O) groups excluding carboxylic acids is 1. The van der Waals surface area contributed by atoms with Crippen LogP contribution in [-0.4, -0.2) is 25.4 Å². The second-order valence-electron chi connectivity index (χ2n) is 9.09. The molecular weight excluding hydrogens is 563 g/mol. The molecule has 1 unspecified atom stereocenters. The number of imidazole rings is 1. The number of carbonyl (C=O) groups is 1. The Morgan fingerprint density at radius 2 is 1.83 bits per heavy atom. The number of pyridine rings is 1. The summed E-state index contributed by atoms with van der Waals surface area (Å²) in [7, 11) is 0. The Balaban J connectivity index is 1.50. The molecule has 0 bridgehead atoms. The predicted molar refractivity (Wildman–Crippen MR) is 147 cm³/mol. The van der Waals surface area contributed by atoms with Crippen molar-refractivity contribution in [2.75, 3.05) is 5.32 Å².